The molecule has 0 radical (unpaired) electrons. The molecular formula is C8H7F4NS. The van der Waals surface area contributed by atoms with Gasteiger partial charge in [-0.1, -0.05) is 18.2 Å². The minimum absolute atomic E-state index is 0.00523. The lowest BCUT2D eigenvalue weighted by molar-refractivity contribution is -0.153. The van der Waals surface area contributed by atoms with Gasteiger partial charge in [0.05, 0.1) is 0 Å². The maximum Gasteiger partial charge on any atom is 0.430 e. The standard InChI is InChI=1S/C8H7F4NS/c9-7(8(10,11)12)14-13-6-4-2-1-3-5-6/h1-5,7,13H. The summed E-state index contributed by atoms with van der Waals surface area (Å²) in [5.41, 5.74) is -2.48. The Labute approximate surface area is 82.6 Å². The second kappa shape index (κ2) is 4.54. The number of para-hydroxylation sites is 1. The number of hydrogen-bond donors (Lipinski definition) is 1. The van der Waals surface area contributed by atoms with Gasteiger partial charge in [0.2, 0.25) is 0 Å². The number of anilines is 1. The number of nitrogens with one attached hydrogen (secondary N) is 1. The van der Waals surface area contributed by atoms with Crippen molar-refractivity contribution < 1.29 is 17.6 Å². The Kier molecular flexibility index (Phi) is 3.62. The van der Waals surface area contributed by atoms with Crippen LogP contribution in [0.25, 0.3) is 0 Å². The molecule has 1 unspecified atom stereocenters. The summed E-state index contributed by atoms with van der Waals surface area (Å²) in [5.74, 6) is 0. The molecule has 0 bridgehead atoms. The first-order valence-corrected chi connectivity index (χ1v) is 4.55. The highest BCUT2D eigenvalue weighted by Gasteiger charge is 2.41. The third-order valence-corrected chi connectivity index (χ3v) is 2.14. The van der Waals surface area contributed by atoms with Crippen LogP contribution in [-0.4, -0.2) is 11.7 Å². The molecule has 1 aromatic rings. The quantitative estimate of drug-likeness (QED) is 0.623. The van der Waals surface area contributed by atoms with E-state index in [1.54, 1.807) is 30.3 Å². The van der Waals surface area contributed by atoms with Crippen molar-refractivity contribution in [1.82, 2.24) is 0 Å². The highest BCUT2D eigenvalue weighted by molar-refractivity contribution is 8.01. The van der Waals surface area contributed by atoms with E-state index in [4.69, 9.17) is 0 Å². The van der Waals surface area contributed by atoms with E-state index in [9.17, 15) is 17.6 Å². The summed E-state index contributed by atoms with van der Waals surface area (Å²) in [6.07, 6.45) is -4.83. The van der Waals surface area contributed by atoms with Gasteiger partial charge in [-0.25, -0.2) is 4.39 Å². The second-order valence-corrected chi connectivity index (χ2v) is 3.30. The average Bonchev–Trinajstić information content (AvgIpc) is 2.14. The molecule has 1 nitrogen and oxygen atoms in total. The molecule has 0 aliphatic rings. The molecule has 0 heterocycles. The molecule has 1 rings (SSSR count). The van der Waals surface area contributed by atoms with Crippen LogP contribution in [0.3, 0.4) is 0 Å². The second-order valence-electron chi connectivity index (χ2n) is 2.44. The lowest BCUT2D eigenvalue weighted by Gasteiger charge is -2.12. The summed E-state index contributed by atoms with van der Waals surface area (Å²) in [5, 5.41) is 0. The molecule has 0 saturated heterocycles. The first kappa shape index (κ1) is 11.2. The number of benzene rings is 1. The molecule has 0 saturated carbocycles. The van der Waals surface area contributed by atoms with Crippen molar-refractivity contribution in [3.8, 4) is 0 Å². The summed E-state index contributed by atoms with van der Waals surface area (Å²) in [6, 6.07) is 8.10. The van der Waals surface area contributed by atoms with E-state index in [1.807, 2.05) is 0 Å². The van der Waals surface area contributed by atoms with Crippen LogP contribution < -0.4 is 4.72 Å². The Hall–Kier alpha value is -0.910. The Morgan fingerprint density at radius 3 is 2.21 bits per heavy atom. The number of halogens is 4. The van der Waals surface area contributed by atoms with Crippen molar-refractivity contribution in [1.29, 1.82) is 0 Å². The van der Waals surface area contributed by atoms with E-state index in [-0.39, 0.29) is 11.9 Å². The summed E-state index contributed by atoms with van der Waals surface area (Å²) in [4.78, 5) is 0. The fourth-order valence-electron chi connectivity index (χ4n) is 0.693. The zero-order chi connectivity index (χ0) is 10.6. The van der Waals surface area contributed by atoms with Gasteiger partial charge in [-0.2, -0.15) is 13.2 Å². The van der Waals surface area contributed by atoms with E-state index in [0.29, 0.717) is 5.69 Å². The molecule has 1 N–H and O–H groups in total. The highest BCUT2D eigenvalue weighted by Crippen LogP contribution is 2.31. The molecule has 0 spiro atoms. The van der Waals surface area contributed by atoms with Gasteiger partial charge in [0.15, 0.2) is 0 Å². The van der Waals surface area contributed by atoms with Crippen molar-refractivity contribution in [2.45, 2.75) is 11.7 Å². The predicted octanol–water partition coefficient (Wildman–Crippen LogP) is 3.60. The van der Waals surface area contributed by atoms with Crippen molar-refractivity contribution in [2.75, 3.05) is 4.72 Å². The SMILES string of the molecule is FC(SNc1ccccc1)C(F)(F)F. The fraction of sp³-hybridized carbons (Fsp3) is 0.250. The summed E-state index contributed by atoms with van der Waals surface area (Å²) >= 11 is -0.00523. The maximum absolute atomic E-state index is 12.4. The van der Waals surface area contributed by atoms with Gasteiger partial charge in [-0.05, 0) is 24.1 Å². The minimum atomic E-state index is -4.83. The predicted molar refractivity (Wildman–Crippen MR) is 48.6 cm³/mol. The van der Waals surface area contributed by atoms with Crippen LogP contribution in [0.15, 0.2) is 30.3 Å². The normalized spacial score (nSPS) is 13.7. The van der Waals surface area contributed by atoms with E-state index in [0.717, 1.165) is 0 Å². The van der Waals surface area contributed by atoms with Gasteiger partial charge in [0.1, 0.15) is 0 Å². The molecule has 1 atom stereocenters. The average molecular weight is 225 g/mol. The van der Waals surface area contributed by atoms with Crippen molar-refractivity contribution in [3.63, 3.8) is 0 Å². The van der Waals surface area contributed by atoms with Crippen molar-refractivity contribution in [2.24, 2.45) is 0 Å². The maximum atomic E-state index is 12.4. The van der Waals surface area contributed by atoms with Crippen LogP contribution in [0.1, 0.15) is 0 Å². The minimum Gasteiger partial charge on any atom is -0.327 e. The van der Waals surface area contributed by atoms with Crippen LogP contribution in [0, 0.1) is 0 Å². The topological polar surface area (TPSA) is 12.0 Å². The van der Waals surface area contributed by atoms with Gasteiger partial charge in [0, 0.05) is 5.69 Å². The summed E-state index contributed by atoms with van der Waals surface area (Å²) in [7, 11) is 0. The first-order valence-electron chi connectivity index (χ1n) is 3.67. The van der Waals surface area contributed by atoms with E-state index in [1.165, 1.54) is 0 Å². The highest BCUT2D eigenvalue weighted by atomic mass is 32.2. The van der Waals surface area contributed by atoms with Crippen LogP contribution >= 0.6 is 11.9 Å². The zero-order valence-electron chi connectivity index (χ0n) is 6.88. The molecular weight excluding hydrogens is 218 g/mol. The monoisotopic (exact) mass is 225 g/mol. The fourth-order valence-corrected chi connectivity index (χ4v) is 1.20. The Balaban J connectivity index is 2.42. The molecule has 0 aromatic heterocycles. The molecule has 6 heteroatoms. The van der Waals surface area contributed by atoms with Crippen molar-refractivity contribution >= 4 is 17.6 Å². The third kappa shape index (κ3) is 3.45. The molecule has 0 amide bonds. The summed E-state index contributed by atoms with van der Waals surface area (Å²) in [6.45, 7) is 0. The molecule has 0 aliphatic heterocycles. The first-order chi connectivity index (χ1) is 6.50. The van der Waals surface area contributed by atoms with Crippen LogP contribution in [-0.2, 0) is 0 Å². The van der Waals surface area contributed by atoms with Crippen LogP contribution in [0.4, 0.5) is 23.2 Å². The smallest absolute Gasteiger partial charge is 0.327 e. The number of alkyl halides is 4. The zero-order valence-corrected chi connectivity index (χ0v) is 7.70. The Bertz CT molecular complexity index is 274. The molecule has 78 valence electrons. The lowest BCUT2D eigenvalue weighted by atomic mass is 10.3. The number of hydrogen-bond acceptors (Lipinski definition) is 2. The molecule has 14 heavy (non-hydrogen) atoms. The van der Waals surface area contributed by atoms with E-state index in [2.05, 4.69) is 4.72 Å². The largest absolute Gasteiger partial charge is 0.430 e. The van der Waals surface area contributed by atoms with E-state index >= 15 is 0 Å². The van der Waals surface area contributed by atoms with Gasteiger partial charge in [0.25, 0.3) is 5.50 Å². The third-order valence-electron chi connectivity index (χ3n) is 1.31. The Morgan fingerprint density at radius 2 is 1.71 bits per heavy atom. The number of rotatable bonds is 3. The van der Waals surface area contributed by atoms with Gasteiger partial charge >= 0.3 is 6.18 Å². The van der Waals surface area contributed by atoms with Crippen LogP contribution in [0.5, 0.6) is 0 Å². The van der Waals surface area contributed by atoms with Crippen LogP contribution in [0.2, 0.25) is 0 Å². The lowest BCUT2D eigenvalue weighted by Crippen LogP contribution is -2.22. The van der Waals surface area contributed by atoms with Gasteiger partial charge in [-0.15, -0.1) is 0 Å². The molecule has 1 aromatic carbocycles. The van der Waals surface area contributed by atoms with Gasteiger partial charge < -0.3 is 4.72 Å². The summed E-state index contributed by atoms with van der Waals surface area (Å²) < 4.78 is 49.8. The van der Waals surface area contributed by atoms with E-state index < -0.39 is 11.7 Å². The molecule has 0 fully saturated rings. The van der Waals surface area contributed by atoms with Crippen molar-refractivity contribution in [3.05, 3.63) is 30.3 Å². The van der Waals surface area contributed by atoms with Gasteiger partial charge in [-0.3, -0.25) is 0 Å². The molecule has 0 aliphatic carbocycles. The Morgan fingerprint density at radius 1 is 1.14 bits per heavy atom.